The van der Waals surface area contributed by atoms with Gasteiger partial charge < -0.3 is 9.80 Å². The van der Waals surface area contributed by atoms with E-state index < -0.39 is 0 Å². The van der Waals surface area contributed by atoms with Crippen molar-refractivity contribution in [1.82, 2.24) is 0 Å². The van der Waals surface area contributed by atoms with E-state index >= 15 is 0 Å². The molecule has 74 heavy (non-hydrogen) atoms. The maximum absolute atomic E-state index is 9.93. The monoisotopic (exact) mass is 940 g/mol. The quantitative estimate of drug-likeness (QED) is 0.127. The van der Waals surface area contributed by atoms with E-state index in [9.17, 15) is 21.0 Å². The van der Waals surface area contributed by atoms with Crippen molar-refractivity contribution in [2.24, 2.45) is 0 Å². The van der Waals surface area contributed by atoms with Crippen LogP contribution in [0, 0.1) is 45.3 Å². The first-order valence-corrected chi connectivity index (χ1v) is 24.2. The highest BCUT2D eigenvalue weighted by atomic mass is 15.2. The zero-order chi connectivity index (χ0) is 50.1. The molecule has 0 bridgehead atoms. The zero-order valence-corrected chi connectivity index (χ0v) is 39.8. The molecule has 0 atom stereocenters. The molecule has 342 valence electrons. The third-order valence-corrected chi connectivity index (χ3v) is 13.9. The summed E-state index contributed by atoms with van der Waals surface area (Å²) in [5.41, 5.74) is 16.0. The Balaban J connectivity index is 1.10. The Hall–Kier alpha value is -10.8. The Bertz CT molecular complexity index is 3970. The summed E-state index contributed by atoms with van der Waals surface area (Å²) < 4.78 is 0. The van der Waals surface area contributed by atoms with Crippen LogP contribution in [-0.2, 0) is 0 Å². The van der Waals surface area contributed by atoms with Crippen LogP contribution in [-0.4, -0.2) is 0 Å². The molecule has 12 rings (SSSR count). The van der Waals surface area contributed by atoms with Gasteiger partial charge in [-0.2, -0.15) is 21.0 Å². The molecule has 0 unspecified atom stereocenters. The summed E-state index contributed by atoms with van der Waals surface area (Å²) in [5, 5.41) is 45.7. The van der Waals surface area contributed by atoms with E-state index in [1.54, 1.807) is 0 Å². The van der Waals surface area contributed by atoms with Crippen LogP contribution in [0.3, 0.4) is 0 Å². The Kier molecular flexibility index (Phi) is 11.3. The molecule has 12 aromatic carbocycles. The number of rotatable bonds is 10. The van der Waals surface area contributed by atoms with Crippen molar-refractivity contribution in [2.45, 2.75) is 0 Å². The molecule has 0 saturated heterocycles. The predicted molar refractivity (Wildman–Crippen MR) is 300 cm³/mol. The van der Waals surface area contributed by atoms with Crippen molar-refractivity contribution >= 4 is 66.4 Å². The van der Waals surface area contributed by atoms with Crippen molar-refractivity contribution in [2.75, 3.05) is 9.80 Å². The van der Waals surface area contributed by atoms with Gasteiger partial charge in [0.1, 0.15) is 0 Å². The second-order valence-electron chi connectivity index (χ2n) is 18.2. The van der Waals surface area contributed by atoms with Gasteiger partial charge in [-0.05, 0) is 187 Å². The number of nitrogens with zero attached hydrogens (tertiary/aromatic N) is 6. The van der Waals surface area contributed by atoms with E-state index in [-0.39, 0.29) is 0 Å². The van der Waals surface area contributed by atoms with Crippen molar-refractivity contribution in [1.29, 1.82) is 21.0 Å². The number of anilines is 6. The van der Waals surface area contributed by atoms with Gasteiger partial charge in [-0.1, -0.05) is 121 Å². The smallest absolute Gasteiger partial charge is 0.0991 e. The molecule has 0 heterocycles. The van der Waals surface area contributed by atoms with Crippen LogP contribution in [0.5, 0.6) is 0 Å². The zero-order valence-electron chi connectivity index (χ0n) is 39.8. The summed E-state index contributed by atoms with van der Waals surface area (Å²) in [5.74, 6) is 0. The van der Waals surface area contributed by atoms with E-state index in [0.717, 1.165) is 111 Å². The third kappa shape index (κ3) is 8.14. The molecule has 0 fully saturated rings. The third-order valence-electron chi connectivity index (χ3n) is 13.9. The molecule has 6 heteroatoms. The molecule has 0 amide bonds. The van der Waals surface area contributed by atoms with E-state index in [1.807, 2.05) is 133 Å². The van der Waals surface area contributed by atoms with E-state index in [1.165, 1.54) is 0 Å². The fraction of sp³-hybridized carbons (Fsp3) is 0. The Labute approximate surface area is 428 Å². The second kappa shape index (κ2) is 18.9. The summed E-state index contributed by atoms with van der Waals surface area (Å²) >= 11 is 0. The number of nitriles is 4. The summed E-state index contributed by atoms with van der Waals surface area (Å²) in [7, 11) is 0. The molecule has 6 nitrogen and oxygen atoms in total. The maximum atomic E-state index is 9.93. The predicted octanol–water partition coefficient (Wildman–Crippen LogP) is 17.7. The molecule has 0 radical (unpaired) electrons. The van der Waals surface area contributed by atoms with Crippen LogP contribution >= 0.6 is 0 Å². The van der Waals surface area contributed by atoms with Crippen molar-refractivity contribution < 1.29 is 0 Å². The van der Waals surface area contributed by atoms with Gasteiger partial charge in [0.2, 0.25) is 0 Å². The van der Waals surface area contributed by atoms with Gasteiger partial charge in [0.25, 0.3) is 0 Å². The number of benzene rings is 12. The second-order valence-corrected chi connectivity index (χ2v) is 18.2. The minimum absolute atomic E-state index is 0.568. The molecule has 0 saturated carbocycles. The molecule has 0 spiro atoms. The molecule has 0 aliphatic carbocycles. The largest absolute Gasteiger partial charge is 0.310 e. The highest BCUT2D eigenvalue weighted by molar-refractivity contribution is 6.28. The van der Waals surface area contributed by atoms with Gasteiger partial charge in [-0.15, -0.1) is 0 Å². The van der Waals surface area contributed by atoms with Crippen LogP contribution in [0.1, 0.15) is 22.3 Å². The number of hydrogen-bond donors (Lipinski definition) is 0. The molecule has 12 aromatic rings. The summed E-state index contributed by atoms with van der Waals surface area (Å²) in [4.78, 5) is 4.58. The minimum atomic E-state index is 0.568. The lowest BCUT2D eigenvalue weighted by atomic mass is 9.91. The fourth-order valence-electron chi connectivity index (χ4n) is 10.3. The van der Waals surface area contributed by atoms with Gasteiger partial charge in [0, 0.05) is 33.5 Å². The minimum Gasteiger partial charge on any atom is -0.310 e. The van der Waals surface area contributed by atoms with Crippen LogP contribution < -0.4 is 9.80 Å². The standard InChI is InChI=1S/C68H40N6/c69-41-45-11-19-51(20-12-45)57-35-55(49-7-3-1-4-8-49)37-61(39-57)73(59-27-15-47(43-71)16-28-59)65-33-25-53-24-32-64-66(34-26-54-23-31-63(65)67(53)68(54)64)74(60-29-17-48(44-72)18-30-60)62-38-56(50-9-5-2-6-10-50)36-58(40-62)52-21-13-46(42-70)14-22-52/h1-40H. The van der Waals surface area contributed by atoms with Gasteiger partial charge in [0.15, 0.2) is 0 Å². The van der Waals surface area contributed by atoms with Gasteiger partial charge in [-0.25, -0.2) is 0 Å². The van der Waals surface area contributed by atoms with E-state index in [4.69, 9.17) is 0 Å². The Morgan fingerprint density at radius 1 is 0.243 bits per heavy atom. The molecule has 0 N–H and O–H groups in total. The summed E-state index contributed by atoms with van der Waals surface area (Å²) in [6.07, 6.45) is 0. The van der Waals surface area contributed by atoms with Crippen molar-refractivity contribution in [3.8, 4) is 68.8 Å². The molecular formula is C68H40N6. The summed E-state index contributed by atoms with van der Waals surface area (Å²) in [6, 6.07) is 91.7. The first-order chi connectivity index (χ1) is 36.5. The maximum Gasteiger partial charge on any atom is 0.0991 e. The van der Waals surface area contributed by atoms with Gasteiger partial charge in [0.05, 0.1) is 57.9 Å². The van der Waals surface area contributed by atoms with Crippen LogP contribution in [0.2, 0.25) is 0 Å². The molecule has 0 aromatic heterocycles. The van der Waals surface area contributed by atoms with Crippen LogP contribution in [0.4, 0.5) is 34.1 Å². The Morgan fingerprint density at radius 3 is 0.865 bits per heavy atom. The highest BCUT2D eigenvalue weighted by Crippen LogP contribution is 2.49. The van der Waals surface area contributed by atoms with Gasteiger partial charge in [-0.3, -0.25) is 0 Å². The number of hydrogen-bond acceptors (Lipinski definition) is 6. The van der Waals surface area contributed by atoms with Gasteiger partial charge >= 0.3 is 0 Å². The highest BCUT2D eigenvalue weighted by Gasteiger charge is 2.24. The van der Waals surface area contributed by atoms with Crippen molar-refractivity contribution in [3.05, 3.63) is 265 Å². The van der Waals surface area contributed by atoms with E-state index in [2.05, 4.69) is 143 Å². The lowest BCUT2D eigenvalue weighted by Crippen LogP contribution is -2.12. The van der Waals surface area contributed by atoms with Crippen LogP contribution in [0.25, 0.3) is 76.8 Å². The Morgan fingerprint density at radius 2 is 0.541 bits per heavy atom. The molecule has 0 aliphatic rings. The average molecular weight is 941 g/mol. The lowest BCUT2D eigenvalue weighted by molar-refractivity contribution is 1.29. The first-order valence-electron chi connectivity index (χ1n) is 24.2. The fourth-order valence-corrected chi connectivity index (χ4v) is 10.3. The van der Waals surface area contributed by atoms with E-state index in [0.29, 0.717) is 22.3 Å². The van der Waals surface area contributed by atoms with Crippen LogP contribution in [0.15, 0.2) is 243 Å². The topological polar surface area (TPSA) is 102 Å². The first kappa shape index (κ1) is 44.4. The average Bonchev–Trinajstić information content (AvgIpc) is 3.48. The SMILES string of the molecule is N#Cc1ccc(-c2cc(-c3ccccc3)cc(N(c3ccc(C#N)cc3)c3ccc4ccc5c(N(c6ccc(C#N)cc6)c6cc(-c7ccccc7)cc(-c7ccc(C#N)cc7)c6)ccc6ccc3c4c65)c2)cc1. The summed E-state index contributed by atoms with van der Waals surface area (Å²) in [6.45, 7) is 0. The molecular weight excluding hydrogens is 901 g/mol. The lowest BCUT2D eigenvalue weighted by Gasteiger charge is -2.30. The molecule has 0 aliphatic heterocycles. The van der Waals surface area contributed by atoms with Crippen molar-refractivity contribution in [3.63, 3.8) is 0 Å². The normalized spacial score (nSPS) is 10.9.